The topological polar surface area (TPSA) is 57.6 Å². The van der Waals surface area contributed by atoms with Gasteiger partial charge in [0.05, 0.1) is 6.42 Å². The Labute approximate surface area is 114 Å². The molecule has 0 heterocycles. The van der Waals surface area contributed by atoms with Crippen LogP contribution < -0.4 is 0 Å². The van der Waals surface area contributed by atoms with Gasteiger partial charge in [0, 0.05) is 19.0 Å². The quantitative estimate of drug-likeness (QED) is 0.848. The van der Waals surface area contributed by atoms with Gasteiger partial charge in [0.1, 0.15) is 0 Å². The molecule has 0 aromatic heterocycles. The maximum atomic E-state index is 12.2. The number of carbonyl (C=O) groups is 2. The number of carboxylic acids is 1. The third-order valence-electron chi connectivity index (χ3n) is 5.64. The van der Waals surface area contributed by atoms with Gasteiger partial charge in [-0.2, -0.15) is 0 Å². The van der Waals surface area contributed by atoms with Gasteiger partial charge in [0.25, 0.3) is 0 Å². The van der Waals surface area contributed by atoms with Crippen molar-refractivity contribution in [3.63, 3.8) is 0 Å². The van der Waals surface area contributed by atoms with Crippen LogP contribution in [0, 0.1) is 17.8 Å². The molecule has 0 atom stereocenters. The standard InChI is InChI=1S/C15H23NO3/c1-16(13(17)2-3-14(18)19)15-7-10-4-11(8-15)6-12(5-10)9-15/h10-12H,2-9H2,1H3,(H,18,19). The lowest BCUT2D eigenvalue weighted by Gasteiger charge is -2.59. The molecule has 0 saturated heterocycles. The summed E-state index contributed by atoms with van der Waals surface area (Å²) in [7, 11) is 1.90. The fourth-order valence-electron chi connectivity index (χ4n) is 5.12. The summed E-state index contributed by atoms with van der Waals surface area (Å²) < 4.78 is 0. The van der Waals surface area contributed by atoms with Crippen molar-refractivity contribution >= 4 is 11.9 Å². The minimum Gasteiger partial charge on any atom is -0.481 e. The first-order valence-electron chi connectivity index (χ1n) is 7.47. The number of hydrogen-bond acceptors (Lipinski definition) is 2. The van der Waals surface area contributed by atoms with Crippen LogP contribution in [-0.4, -0.2) is 34.5 Å². The normalized spacial score (nSPS) is 39.3. The highest BCUT2D eigenvalue weighted by Crippen LogP contribution is 2.57. The number of aliphatic carboxylic acids is 1. The first kappa shape index (κ1) is 12.9. The molecule has 4 aliphatic carbocycles. The summed E-state index contributed by atoms with van der Waals surface area (Å²) in [5.41, 5.74) is 0.0599. The van der Waals surface area contributed by atoms with E-state index in [-0.39, 0.29) is 24.3 Å². The lowest BCUT2D eigenvalue weighted by atomic mass is 9.52. The van der Waals surface area contributed by atoms with Crippen molar-refractivity contribution in [1.82, 2.24) is 4.90 Å². The molecular weight excluding hydrogens is 242 g/mol. The number of carbonyl (C=O) groups excluding carboxylic acids is 1. The second-order valence-corrected chi connectivity index (χ2v) is 6.99. The molecule has 0 unspecified atom stereocenters. The Morgan fingerprint density at radius 3 is 1.95 bits per heavy atom. The van der Waals surface area contributed by atoms with Crippen LogP contribution in [0.15, 0.2) is 0 Å². The molecule has 0 aromatic rings. The third kappa shape index (κ3) is 2.26. The third-order valence-corrected chi connectivity index (χ3v) is 5.64. The summed E-state index contributed by atoms with van der Waals surface area (Å²) in [4.78, 5) is 24.7. The summed E-state index contributed by atoms with van der Waals surface area (Å²) in [5, 5.41) is 8.71. The van der Waals surface area contributed by atoms with Gasteiger partial charge < -0.3 is 10.0 Å². The molecule has 0 aliphatic heterocycles. The van der Waals surface area contributed by atoms with E-state index < -0.39 is 5.97 Å². The van der Waals surface area contributed by atoms with Crippen LogP contribution in [0.5, 0.6) is 0 Å². The van der Waals surface area contributed by atoms with E-state index >= 15 is 0 Å². The highest BCUT2D eigenvalue weighted by atomic mass is 16.4. The summed E-state index contributed by atoms with van der Waals surface area (Å²) in [6.45, 7) is 0. The molecule has 4 bridgehead atoms. The highest BCUT2D eigenvalue weighted by molar-refractivity contribution is 5.81. The van der Waals surface area contributed by atoms with Crippen molar-refractivity contribution in [3.05, 3.63) is 0 Å². The van der Waals surface area contributed by atoms with Gasteiger partial charge in [0.15, 0.2) is 0 Å². The van der Waals surface area contributed by atoms with Gasteiger partial charge in [0.2, 0.25) is 5.91 Å². The van der Waals surface area contributed by atoms with Gasteiger partial charge in [-0.15, -0.1) is 0 Å². The molecule has 106 valence electrons. The first-order chi connectivity index (χ1) is 8.98. The monoisotopic (exact) mass is 265 g/mol. The van der Waals surface area contributed by atoms with Crippen molar-refractivity contribution in [1.29, 1.82) is 0 Å². The van der Waals surface area contributed by atoms with Gasteiger partial charge in [-0.25, -0.2) is 0 Å². The van der Waals surface area contributed by atoms with Crippen molar-refractivity contribution in [3.8, 4) is 0 Å². The summed E-state index contributed by atoms with van der Waals surface area (Å²) in [5.74, 6) is 1.56. The molecule has 4 heteroatoms. The molecule has 4 saturated carbocycles. The highest BCUT2D eigenvalue weighted by Gasteiger charge is 2.53. The zero-order valence-electron chi connectivity index (χ0n) is 11.6. The van der Waals surface area contributed by atoms with E-state index in [1.807, 2.05) is 11.9 Å². The molecule has 4 nitrogen and oxygen atoms in total. The summed E-state index contributed by atoms with van der Waals surface area (Å²) in [6, 6.07) is 0. The van der Waals surface area contributed by atoms with Crippen LogP contribution in [-0.2, 0) is 9.59 Å². The molecule has 1 N–H and O–H groups in total. The Kier molecular flexibility index (Phi) is 3.06. The fraction of sp³-hybridized carbons (Fsp3) is 0.867. The average molecular weight is 265 g/mol. The summed E-state index contributed by atoms with van der Waals surface area (Å²) in [6.07, 6.45) is 7.61. The largest absolute Gasteiger partial charge is 0.481 e. The number of amides is 1. The summed E-state index contributed by atoms with van der Waals surface area (Å²) >= 11 is 0. The predicted octanol–water partition coefficient (Wildman–Crippen LogP) is 2.28. The van der Waals surface area contributed by atoms with Gasteiger partial charge in [-0.1, -0.05) is 0 Å². The van der Waals surface area contributed by atoms with Gasteiger partial charge in [-0.05, 0) is 56.3 Å². The Bertz CT molecular complexity index is 369. The number of carboxylic acid groups (broad SMARTS) is 1. The Morgan fingerprint density at radius 2 is 1.53 bits per heavy atom. The Hall–Kier alpha value is -1.06. The van der Waals surface area contributed by atoms with E-state index in [4.69, 9.17) is 5.11 Å². The minimum atomic E-state index is -0.882. The zero-order chi connectivity index (χ0) is 13.6. The average Bonchev–Trinajstić information content (AvgIpc) is 2.33. The SMILES string of the molecule is CN(C(=O)CCC(=O)O)C12CC3CC(CC(C3)C1)C2. The minimum absolute atomic E-state index is 0.0179. The van der Waals surface area contributed by atoms with Crippen LogP contribution >= 0.6 is 0 Å². The number of rotatable bonds is 4. The van der Waals surface area contributed by atoms with E-state index in [2.05, 4.69) is 0 Å². The van der Waals surface area contributed by atoms with Crippen molar-refractivity contribution in [2.45, 2.75) is 56.9 Å². The second kappa shape index (κ2) is 4.50. The van der Waals surface area contributed by atoms with E-state index in [1.54, 1.807) is 0 Å². The maximum absolute atomic E-state index is 12.2. The molecule has 4 aliphatic rings. The number of nitrogens with zero attached hydrogens (tertiary/aromatic N) is 1. The number of hydrogen-bond donors (Lipinski definition) is 1. The van der Waals surface area contributed by atoms with Crippen molar-refractivity contribution < 1.29 is 14.7 Å². The zero-order valence-corrected chi connectivity index (χ0v) is 11.6. The van der Waals surface area contributed by atoms with E-state index in [0.29, 0.717) is 0 Å². The predicted molar refractivity (Wildman–Crippen MR) is 70.5 cm³/mol. The van der Waals surface area contributed by atoms with Gasteiger partial charge in [-0.3, -0.25) is 9.59 Å². The van der Waals surface area contributed by atoms with Crippen LogP contribution in [0.2, 0.25) is 0 Å². The van der Waals surface area contributed by atoms with E-state index in [1.165, 1.54) is 19.3 Å². The smallest absolute Gasteiger partial charge is 0.303 e. The lowest BCUT2D eigenvalue weighted by molar-refractivity contribution is -0.150. The van der Waals surface area contributed by atoms with Crippen molar-refractivity contribution in [2.75, 3.05) is 7.05 Å². The molecule has 0 aromatic carbocycles. The van der Waals surface area contributed by atoms with E-state index in [0.717, 1.165) is 37.0 Å². The Balaban J connectivity index is 1.70. The maximum Gasteiger partial charge on any atom is 0.303 e. The van der Waals surface area contributed by atoms with Crippen molar-refractivity contribution in [2.24, 2.45) is 17.8 Å². The van der Waals surface area contributed by atoms with Gasteiger partial charge >= 0.3 is 5.97 Å². The molecule has 4 fully saturated rings. The molecule has 19 heavy (non-hydrogen) atoms. The first-order valence-corrected chi connectivity index (χ1v) is 7.47. The fourth-order valence-corrected chi connectivity index (χ4v) is 5.12. The van der Waals surface area contributed by atoms with E-state index in [9.17, 15) is 9.59 Å². The molecule has 4 rings (SSSR count). The van der Waals surface area contributed by atoms with Crippen LogP contribution in [0.1, 0.15) is 51.4 Å². The van der Waals surface area contributed by atoms with Crippen LogP contribution in [0.25, 0.3) is 0 Å². The Morgan fingerprint density at radius 1 is 1.05 bits per heavy atom. The second-order valence-electron chi connectivity index (χ2n) is 6.99. The molecular formula is C15H23NO3. The lowest BCUT2D eigenvalue weighted by Crippen LogP contribution is -2.60. The molecule has 1 amide bonds. The molecule has 0 radical (unpaired) electrons. The van der Waals surface area contributed by atoms with Crippen LogP contribution in [0.4, 0.5) is 0 Å². The van der Waals surface area contributed by atoms with Crippen LogP contribution in [0.3, 0.4) is 0 Å². The molecule has 0 spiro atoms.